The molecule has 0 heterocycles. The Morgan fingerprint density at radius 2 is 2.00 bits per heavy atom. The summed E-state index contributed by atoms with van der Waals surface area (Å²) < 4.78 is 25.8. The van der Waals surface area contributed by atoms with Gasteiger partial charge in [0.25, 0.3) is 0 Å². The van der Waals surface area contributed by atoms with E-state index in [1.807, 2.05) is 0 Å². The SMILES string of the molecule is CNS(=O)(=O)c1ccccc1NCCC(C)C(=O)O. The minimum atomic E-state index is -3.52. The van der Waals surface area contributed by atoms with Crippen molar-refractivity contribution >= 4 is 21.7 Å². The first-order chi connectivity index (χ1) is 8.88. The molecule has 0 aromatic heterocycles. The highest BCUT2D eigenvalue weighted by molar-refractivity contribution is 7.89. The number of nitrogens with one attached hydrogen (secondary N) is 2. The van der Waals surface area contributed by atoms with E-state index in [-0.39, 0.29) is 4.90 Å². The van der Waals surface area contributed by atoms with Crippen LogP contribution in [0, 0.1) is 5.92 Å². The summed E-state index contributed by atoms with van der Waals surface area (Å²) in [5.41, 5.74) is 0.467. The highest BCUT2D eigenvalue weighted by Crippen LogP contribution is 2.20. The van der Waals surface area contributed by atoms with Crippen molar-refractivity contribution in [2.45, 2.75) is 18.2 Å². The third-order valence-corrected chi connectivity index (χ3v) is 4.23. The fourth-order valence-corrected chi connectivity index (χ4v) is 2.41. The van der Waals surface area contributed by atoms with Crippen molar-refractivity contribution in [1.82, 2.24) is 4.72 Å². The Kier molecular flexibility index (Phi) is 5.31. The summed E-state index contributed by atoms with van der Waals surface area (Å²) >= 11 is 0. The van der Waals surface area contributed by atoms with E-state index in [0.29, 0.717) is 18.7 Å². The standard InChI is InChI=1S/C12H18N2O4S/c1-9(12(15)16)7-8-14-10-5-3-4-6-11(10)19(17,18)13-2/h3-6,9,13-14H,7-8H2,1-2H3,(H,15,16). The number of carboxylic acids is 1. The van der Waals surface area contributed by atoms with Crippen LogP contribution in [0.3, 0.4) is 0 Å². The van der Waals surface area contributed by atoms with Gasteiger partial charge in [-0.3, -0.25) is 4.79 Å². The van der Waals surface area contributed by atoms with Crippen LogP contribution in [0.25, 0.3) is 0 Å². The maximum absolute atomic E-state index is 11.8. The lowest BCUT2D eigenvalue weighted by Gasteiger charge is -2.13. The lowest BCUT2D eigenvalue weighted by molar-refractivity contribution is -0.141. The van der Waals surface area contributed by atoms with Crippen LogP contribution in [0.2, 0.25) is 0 Å². The molecule has 0 spiro atoms. The van der Waals surface area contributed by atoms with Crippen LogP contribution in [-0.2, 0) is 14.8 Å². The van der Waals surface area contributed by atoms with Gasteiger partial charge in [0.1, 0.15) is 4.90 Å². The zero-order valence-corrected chi connectivity index (χ0v) is 11.7. The van der Waals surface area contributed by atoms with Crippen LogP contribution in [0.1, 0.15) is 13.3 Å². The van der Waals surface area contributed by atoms with Gasteiger partial charge in [-0.1, -0.05) is 19.1 Å². The lowest BCUT2D eigenvalue weighted by atomic mass is 10.1. The van der Waals surface area contributed by atoms with Crippen LogP contribution in [0.15, 0.2) is 29.2 Å². The molecular formula is C12H18N2O4S. The van der Waals surface area contributed by atoms with Crippen LogP contribution < -0.4 is 10.0 Å². The van der Waals surface area contributed by atoms with E-state index < -0.39 is 21.9 Å². The zero-order valence-electron chi connectivity index (χ0n) is 10.9. The third-order valence-electron chi connectivity index (χ3n) is 2.76. The number of sulfonamides is 1. The number of hydrogen-bond acceptors (Lipinski definition) is 4. The second-order valence-corrected chi connectivity index (χ2v) is 6.01. The van der Waals surface area contributed by atoms with Gasteiger partial charge in [-0.05, 0) is 25.6 Å². The fourth-order valence-electron chi connectivity index (χ4n) is 1.50. The predicted molar refractivity (Wildman–Crippen MR) is 72.6 cm³/mol. The van der Waals surface area contributed by atoms with E-state index >= 15 is 0 Å². The molecule has 0 amide bonds. The van der Waals surface area contributed by atoms with Gasteiger partial charge < -0.3 is 10.4 Å². The van der Waals surface area contributed by atoms with Crippen LogP contribution in [0.4, 0.5) is 5.69 Å². The monoisotopic (exact) mass is 286 g/mol. The minimum Gasteiger partial charge on any atom is -0.481 e. The molecule has 0 fully saturated rings. The van der Waals surface area contributed by atoms with Crippen LogP contribution >= 0.6 is 0 Å². The highest BCUT2D eigenvalue weighted by Gasteiger charge is 2.16. The molecule has 0 saturated heterocycles. The number of carbonyl (C=O) groups is 1. The van der Waals surface area contributed by atoms with Crippen LogP contribution in [0.5, 0.6) is 0 Å². The molecule has 0 radical (unpaired) electrons. The Bertz CT molecular complexity index is 542. The van der Waals surface area contributed by atoms with Crippen molar-refractivity contribution in [3.8, 4) is 0 Å². The molecular weight excluding hydrogens is 268 g/mol. The van der Waals surface area contributed by atoms with Crippen molar-refractivity contribution in [2.75, 3.05) is 18.9 Å². The summed E-state index contributed by atoms with van der Waals surface area (Å²) in [7, 11) is -2.18. The quantitative estimate of drug-likeness (QED) is 0.698. The number of benzene rings is 1. The van der Waals surface area contributed by atoms with Crippen LogP contribution in [-0.4, -0.2) is 33.1 Å². The summed E-state index contributed by atoms with van der Waals surface area (Å²) in [6, 6.07) is 6.50. The highest BCUT2D eigenvalue weighted by atomic mass is 32.2. The molecule has 0 aliphatic carbocycles. The normalized spacial score (nSPS) is 12.9. The Morgan fingerprint density at radius 1 is 1.37 bits per heavy atom. The average molecular weight is 286 g/mol. The van der Waals surface area contributed by atoms with E-state index in [1.165, 1.54) is 13.1 Å². The number of rotatable bonds is 7. The maximum atomic E-state index is 11.8. The number of hydrogen-bond donors (Lipinski definition) is 3. The number of anilines is 1. The second kappa shape index (κ2) is 6.53. The molecule has 0 aliphatic heterocycles. The van der Waals surface area contributed by atoms with E-state index in [0.717, 1.165) is 0 Å². The van der Waals surface area contributed by atoms with Gasteiger partial charge in [0, 0.05) is 6.54 Å². The summed E-state index contributed by atoms with van der Waals surface area (Å²) in [6.07, 6.45) is 0.420. The third kappa shape index (κ3) is 4.22. The van der Waals surface area contributed by atoms with Gasteiger partial charge in [0.05, 0.1) is 11.6 Å². The molecule has 3 N–H and O–H groups in total. The summed E-state index contributed by atoms with van der Waals surface area (Å²) in [4.78, 5) is 10.8. The molecule has 1 rings (SSSR count). The van der Waals surface area contributed by atoms with Crippen molar-refractivity contribution in [2.24, 2.45) is 5.92 Å². The second-order valence-electron chi connectivity index (χ2n) is 4.16. The van der Waals surface area contributed by atoms with Crippen molar-refractivity contribution in [3.63, 3.8) is 0 Å². The fraction of sp³-hybridized carbons (Fsp3) is 0.417. The lowest BCUT2D eigenvalue weighted by Crippen LogP contribution is -2.21. The van der Waals surface area contributed by atoms with Gasteiger partial charge in [0.15, 0.2) is 0 Å². The number of carboxylic acid groups (broad SMARTS) is 1. The molecule has 19 heavy (non-hydrogen) atoms. The molecule has 0 bridgehead atoms. The van der Waals surface area contributed by atoms with Gasteiger partial charge in [-0.25, -0.2) is 13.1 Å². The van der Waals surface area contributed by atoms with Gasteiger partial charge >= 0.3 is 5.97 Å². The molecule has 1 aromatic rings. The molecule has 7 heteroatoms. The molecule has 6 nitrogen and oxygen atoms in total. The molecule has 0 saturated carbocycles. The smallest absolute Gasteiger partial charge is 0.306 e. The van der Waals surface area contributed by atoms with E-state index in [4.69, 9.17) is 5.11 Å². The van der Waals surface area contributed by atoms with Crippen molar-refractivity contribution in [1.29, 1.82) is 0 Å². The molecule has 1 unspecified atom stereocenters. The predicted octanol–water partition coefficient (Wildman–Crippen LogP) is 1.12. The Hall–Kier alpha value is -1.60. The number of para-hydroxylation sites is 1. The van der Waals surface area contributed by atoms with Crippen molar-refractivity contribution in [3.05, 3.63) is 24.3 Å². The minimum absolute atomic E-state index is 0.153. The van der Waals surface area contributed by atoms with E-state index in [1.54, 1.807) is 25.1 Å². The summed E-state index contributed by atoms with van der Waals surface area (Å²) in [5, 5.41) is 11.7. The van der Waals surface area contributed by atoms with Gasteiger partial charge in [0.2, 0.25) is 10.0 Å². The zero-order chi connectivity index (χ0) is 14.5. The molecule has 106 valence electrons. The average Bonchev–Trinajstić information content (AvgIpc) is 2.39. The Morgan fingerprint density at radius 3 is 2.58 bits per heavy atom. The topological polar surface area (TPSA) is 95.5 Å². The maximum Gasteiger partial charge on any atom is 0.306 e. The van der Waals surface area contributed by atoms with Gasteiger partial charge in [-0.2, -0.15) is 0 Å². The largest absolute Gasteiger partial charge is 0.481 e. The summed E-state index contributed by atoms with van der Waals surface area (Å²) in [6.45, 7) is 2.00. The summed E-state index contributed by atoms with van der Waals surface area (Å²) in [5.74, 6) is -1.33. The van der Waals surface area contributed by atoms with Crippen molar-refractivity contribution < 1.29 is 18.3 Å². The Labute approximate surface area is 112 Å². The first-order valence-electron chi connectivity index (χ1n) is 5.87. The molecule has 1 aromatic carbocycles. The molecule has 0 aliphatic rings. The van der Waals surface area contributed by atoms with E-state index in [9.17, 15) is 13.2 Å². The van der Waals surface area contributed by atoms with Gasteiger partial charge in [-0.15, -0.1) is 0 Å². The first-order valence-corrected chi connectivity index (χ1v) is 7.36. The van der Waals surface area contributed by atoms with E-state index in [2.05, 4.69) is 10.0 Å². The Balaban J connectivity index is 2.77. The number of aliphatic carboxylic acids is 1. The first kappa shape index (κ1) is 15.5. The molecule has 1 atom stereocenters.